The fourth-order valence-corrected chi connectivity index (χ4v) is 4.21. The van der Waals surface area contributed by atoms with E-state index in [0.29, 0.717) is 10.1 Å². The van der Waals surface area contributed by atoms with Gasteiger partial charge in [0, 0.05) is 29.4 Å². The predicted octanol–water partition coefficient (Wildman–Crippen LogP) is 3.92. The average Bonchev–Trinajstić information content (AvgIpc) is 3.42. The molecule has 0 aliphatic rings. The molecular weight excluding hydrogens is 567 g/mol. The monoisotopic (exact) mass is 584 g/mol. The van der Waals surface area contributed by atoms with Crippen LogP contribution in [0, 0.1) is 18.6 Å². The van der Waals surface area contributed by atoms with Crippen molar-refractivity contribution < 1.29 is 36.3 Å². The van der Waals surface area contributed by atoms with Gasteiger partial charge in [-0.1, -0.05) is 12.1 Å². The first-order chi connectivity index (χ1) is 19.9. The molecule has 5 aromatic rings. The fourth-order valence-electron chi connectivity index (χ4n) is 4.21. The number of aryl methyl sites for hydroxylation is 1. The normalized spacial score (nSPS) is 11.6. The summed E-state index contributed by atoms with van der Waals surface area (Å²) in [5.41, 5.74) is 4.15. The van der Waals surface area contributed by atoms with Crippen LogP contribution in [0.2, 0.25) is 0 Å². The molecule has 0 fully saturated rings. The van der Waals surface area contributed by atoms with E-state index in [4.69, 9.17) is 5.73 Å². The van der Waals surface area contributed by atoms with Crippen molar-refractivity contribution in [1.82, 2.24) is 24.1 Å². The van der Waals surface area contributed by atoms with Crippen molar-refractivity contribution in [3.8, 4) is 22.9 Å². The highest BCUT2D eigenvalue weighted by molar-refractivity contribution is 6.00. The summed E-state index contributed by atoms with van der Waals surface area (Å²) in [7, 11) is 0. The number of aromatic nitrogens is 5. The molecule has 10 nitrogen and oxygen atoms in total. The number of ether oxygens (including phenoxy) is 1. The largest absolute Gasteiger partial charge is 0.491 e. The second-order valence-electron chi connectivity index (χ2n) is 8.81. The maximum absolute atomic E-state index is 14.9. The van der Waals surface area contributed by atoms with Crippen molar-refractivity contribution in [2.45, 2.75) is 19.6 Å². The molecule has 0 aliphatic heterocycles. The molecule has 3 aromatic heterocycles. The molecule has 3 heterocycles. The van der Waals surface area contributed by atoms with E-state index in [-0.39, 0.29) is 40.6 Å². The molecule has 0 spiro atoms. The summed E-state index contributed by atoms with van der Waals surface area (Å²) in [4.78, 5) is 49.8. The minimum absolute atomic E-state index is 0.0199. The standard InChI is InChI=1S/C27H17F5N6O4/c1-13-5-6-14(24(40)42-25(41)27(30,31)32)11-16(13)21-15-7-8-20(39)38(22-17(28)3-2-4-18(22)29)23(15)36-26(35-21)37-10-9-34-19(37)12-33/h2-11H,12,33H2,1H3. The number of rotatable bonds is 5. The lowest BCUT2D eigenvalue weighted by Gasteiger charge is -2.16. The SMILES string of the molecule is Cc1ccc(C(=O)OC(=O)C(F)(F)F)cc1-c1nc(-n2ccnc2CN)nc2c1ccc(=O)n2-c1c(F)cccc1F. The topological polar surface area (TPSA) is 135 Å². The predicted molar refractivity (Wildman–Crippen MR) is 137 cm³/mol. The highest BCUT2D eigenvalue weighted by Crippen LogP contribution is 2.32. The second kappa shape index (κ2) is 10.6. The Labute approximate surface area is 231 Å². The zero-order chi connectivity index (χ0) is 30.3. The van der Waals surface area contributed by atoms with Gasteiger partial charge in [0.2, 0.25) is 5.95 Å². The maximum atomic E-state index is 14.9. The number of esters is 2. The van der Waals surface area contributed by atoms with Crippen molar-refractivity contribution in [2.24, 2.45) is 5.73 Å². The summed E-state index contributed by atoms with van der Waals surface area (Å²) in [6.07, 6.45) is -2.56. The van der Waals surface area contributed by atoms with Crippen LogP contribution in [0.4, 0.5) is 22.0 Å². The first kappa shape index (κ1) is 28.2. The minimum Gasteiger partial charge on any atom is -0.383 e. The highest BCUT2D eigenvalue weighted by Gasteiger charge is 2.42. The lowest BCUT2D eigenvalue weighted by Crippen LogP contribution is -2.28. The number of nitrogens with zero attached hydrogens (tertiary/aromatic N) is 5. The van der Waals surface area contributed by atoms with Crippen LogP contribution in [-0.2, 0) is 16.1 Å². The number of para-hydroxylation sites is 1. The number of pyridine rings is 1. The number of carbonyl (C=O) groups excluding carboxylic acids is 2. The molecule has 2 N–H and O–H groups in total. The van der Waals surface area contributed by atoms with Gasteiger partial charge in [-0.2, -0.15) is 18.2 Å². The van der Waals surface area contributed by atoms with Crippen molar-refractivity contribution in [3.63, 3.8) is 0 Å². The Morgan fingerprint density at radius 3 is 2.40 bits per heavy atom. The van der Waals surface area contributed by atoms with Gasteiger partial charge < -0.3 is 10.5 Å². The molecule has 2 aromatic carbocycles. The van der Waals surface area contributed by atoms with Crippen LogP contribution in [-0.4, -0.2) is 42.2 Å². The number of carbonyl (C=O) groups is 2. The molecule has 0 saturated heterocycles. The van der Waals surface area contributed by atoms with E-state index in [2.05, 4.69) is 19.7 Å². The molecule has 0 bridgehead atoms. The third kappa shape index (κ3) is 5.01. The number of benzene rings is 2. The Morgan fingerprint density at radius 2 is 1.74 bits per heavy atom. The van der Waals surface area contributed by atoms with Crippen LogP contribution in [0.5, 0.6) is 0 Å². The molecule has 214 valence electrons. The van der Waals surface area contributed by atoms with Crippen molar-refractivity contribution in [2.75, 3.05) is 0 Å². The van der Waals surface area contributed by atoms with E-state index in [1.165, 1.54) is 29.1 Å². The Kier molecular flexibility index (Phi) is 7.12. The lowest BCUT2D eigenvalue weighted by atomic mass is 10.00. The van der Waals surface area contributed by atoms with Gasteiger partial charge in [0.15, 0.2) is 5.65 Å². The fraction of sp³-hybridized carbons (Fsp3) is 0.111. The van der Waals surface area contributed by atoms with Crippen LogP contribution in [0.1, 0.15) is 21.7 Å². The van der Waals surface area contributed by atoms with E-state index in [1.807, 2.05) is 0 Å². The first-order valence-electron chi connectivity index (χ1n) is 12.0. The minimum atomic E-state index is -5.40. The highest BCUT2D eigenvalue weighted by atomic mass is 19.4. The zero-order valence-electron chi connectivity index (χ0n) is 21.3. The van der Waals surface area contributed by atoms with Gasteiger partial charge in [0.1, 0.15) is 23.1 Å². The molecule has 42 heavy (non-hydrogen) atoms. The Bertz CT molecular complexity index is 1930. The molecule has 0 radical (unpaired) electrons. The Balaban J connectivity index is 1.82. The Hall–Kier alpha value is -5.31. The van der Waals surface area contributed by atoms with E-state index in [9.17, 15) is 36.3 Å². The second-order valence-corrected chi connectivity index (χ2v) is 8.81. The molecule has 0 amide bonds. The summed E-state index contributed by atoms with van der Waals surface area (Å²) in [5.74, 6) is -6.26. The molecule has 15 heteroatoms. The van der Waals surface area contributed by atoms with Crippen LogP contribution in [0.15, 0.2) is 65.7 Å². The number of alkyl halides is 3. The number of nitrogens with two attached hydrogens (primary N) is 1. The van der Waals surface area contributed by atoms with E-state index >= 15 is 0 Å². The molecular formula is C27H17F5N6O4. The summed E-state index contributed by atoms with van der Waals surface area (Å²) < 4.78 is 73.9. The quantitative estimate of drug-likeness (QED) is 0.187. The van der Waals surface area contributed by atoms with Gasteiger partial charge >= 0.3 is 18.1 Å². The van der Waals surface area contributed by atoms with E-state index < -0.39 is 46.6 Å². The Morgan fingerprint density at radius 1 is 1.02 bits per heavy atom. The van der Waals surface area contributed by atoms with Gasteiger partial charge in [-0.3, -0.25) is 13.9 Å². The lowest BCUT2D eigenvalue weighted by molar-refractivity contribution is -0.193. The molecule has 0 atom stereocenters. The van der Waals surface area contributed by atoms with Crippen LogP contribution in [0.3, 0.4) is 0 Å². The smallest absolute Gasteiger partial charge is 0.383 e. The zero-order valence-corrected chi connectivity index (χ0v) is 21.3. The average molecular weight is 584 g/mol. The number of fused-ring (bicyclic) bond motifs is 1. The number of imidazole rings is 1. The summed E-state index contributed by atoms with van der Waals surface area (Å²) in [6.45, 7) is 1.52. The number of hydrogen-bond donors (Lipinski definition) is 1. The summed E-state index contributed by atoms with van der Waals surface area (Å²) in [6, 6.07) is 8.98. The van der Waals surface area contributed by atoms with Crippen molar-refractivity contribution in [3.05, 3.63) is 99.9 Å². The third-order valence-electron chi connectivity index (χ3n) is 6.16. The van der Waals surface area contributed by atoms with Gasteiger partial charge in [-0.25, -0.2) is 28.3 Å². The molecule has 5 rings (SSSR count). The van der Waals surface area contributed by atoms with E-state index in [1.54, 1.807) is 6.92 Å². The van der Waals surface area contributed by atoms with Crippen LogP contribution < -0.4 is 11.3 Å². The third-order valence-corrected chi connectivity index (χ3v) is 6.16. The number of hydrogen-bond acceptors (Lipinski definition) is 8. The summed E-state index contributed by atoms with van der Waals surface area (Å²) in [5, 5.41) is 0.0791. The van der Waals surface area contributed by atoms with Crippen molar-refractivity contribution in [1.29, 1.82) is 0 Å². The molecule has 0 saturated carbocycles. The van der Waals surface area contributed by atoms with Gasteiger partial charge in [-0.05, 0) is 42.8 Å². The van der Waals surface area contributed by atoms with Crippen LogP contribution in [0.25, 0.3) is 33.9 Å². The van der Waals surface area contributed by atoms with Gasteiger partial charge in [0.25, 0.3) is 5.56 Å². The number of halogens is 5. The first-order valence-corrected chi connectivity index (χ1v) is 12.0. The molecule has 0 unspecified atom stereocenters. The van der Waals surface area contributed by atoms with E-state index in [0.717, 1.165) is 36.4 Å². The van der Waals surface area contributed by atoms with Crippen molar-refractivity contribution >= 4 is 23.0 Å². The summed E-state index contributed by atoms with van der Waals surface area (Å²) >= 11 is 0. The van der Waals surface area contributed by atoms with Gasteiger partial charge in [0.05, 0.1) is 17.8 Å². The molecule has 0 aliphatic carbocycles. The van der Waals surface area contributed by atoms with Gasteiger partial charge in [-0.15, -0.1) is 0 Å². The maximum Gasteiger partial charge on any atom is 0.491 e. The van der Waals surface area contributed by atoms with Crippen LogP contribution >= 0.6 is 0 Å².